The third-order valence-corrected chi connectivity index (χ3v) is 2.68. The number of amides is 1. The molecule has 0 aromatic heterocycles. The number of carbonyl (C=O) groups is 1. The molecular formula is C14H22N2O3. The summed E-state index contributed by atoms with van der Waals surface area (Å²) in [5.41, 5.74) is 6.37. The molecule has 0 saturated heterocycles. The lowest BCUT2D eigenvalue weighted by atomic mass is 10.1. The van der Waals surface area contributed by atoms with Crippen molar-refractivity contribution in [1.29, 1.82) is 0 Å². The maximum absolute atomic E-state index is 11.9. The number of nitrogens with one attached hydrogen (secondary N) is 1. The summed E-state index contributed by atoms with van der Waals surface area (Å²) in [5.74, 6) is 1.05. The van der Waals surface area contributed by atoms with E-state index in [1.165, 1.54) is 0 Å². The van der Waals surface area contributed by atoms with Crippen LogP contribution in [0.15, 0.2) is 18.2 Å². The molecule has 0 saturated carbocycles. The Morgan fingerprint density at radius 2 is 2.16 bits per heavy atom. The van der Waals surface area contributed by atoms with Crippen molar-refractivity contribution in [3.05, 3.63) is 18.2 Å². The van der Waals surface area contributed by atoms with Crippen molar-refractivity contribution in [3.8, 4) is 11.5 Å². The minimum Gasteiger partial charge on any atom is -0.497 e. The lowest BCUT2D eigenvalue weighted by Crippen LogP contribution is -2.35. The third-order valence-electron chi connectivity index (χ3n) is 2.68. The average Bonchev–Trinajstić information content (AvgIpc) is 2.41. The Kier molecular flexibility index (Phi) is 6.15. The van der Waals surface area contributed by atoms with Gasteiger partial charge in [-0.15, -0.1) is 0 Å². The average molecular weight is 266 g/mol. The van der Waals surface area contributed by atoms with Crippen LogP contribution in [0.25, 0.3) is 0 Å². The smallest absolute Gasteiger partial charge is 0.241 e. The van der Waals surface area contributed by atoms with Gasteiger partial charge in [0.15, 0.2) is 0 Å². The summed E-state index contributed by atoms with van der Waals surface area (Å²) in [5, 5.41) is 2.79. The summed E-state index contributed by atoms with van der Waals surface area (Å²) in [7, 11) is 1.57. The van der Waals surface area contributed by atoms with E-state index < -0.39 is 6.04 Å². The minimum atomic E-state index is -0.509. The summed E-state index contributed by atoms with van der Waals surface area (Å²) >= 11 is 0. The van der Waals surface area contributed by atoms with Crippen LogP contribution in [0, 0.1) is 0 Å². The van der Waals surface area contributed by atoms with Crippen LogP contribution in [-0.4, -0.2) is 25.7 Å². The van der Waals surface area contributed by atoms with Crippen LogP contribution < -0.4 is 20.5 Å². The van der Waals surface area contributed by atoms with Crippen LogP contribution in [0.2, 0.25) is 0 Å². The van der Waals surface area contributed by atoms with Crippen molar-refractivity contribution in [3.63, 3.8) is 0 Å². The van der Waals surface area contributed by atoms with Crippen LogP contribution in [0.1, 0.15) is 26.7 Å². The van der Waals surface area contributed by atoms with Crippen LogP contribution in [0.4, 0.5) is 5.69 Å². The molecule has 1 rings (SSSR count). The number of methoxy groups -OCH3 is 1. The Morgan fingerprint density at radius 3 is 2.74 bits per heavy atom. The number of benzene rings is 1. The van der Waals surface area contributed by atoms with Crippen LogP contribution in [-0.2, 0) is 4.79 Å². The number of hydrogen-bond donors (Lipinski definition) is 2. The molecule has 3 N–H and O–H groups in total. The number of hydrogen-bond acceptors (Lipinski definition) is 4. The van der Waals surface area contributed by atoms with Gasteiger partial charge in [0.2, 0.25) is 5.91 Å². The van der Waals surface area contributed by atoms with Crippen LogP contribution in [0.3, 0.4) is 0 Å². The minimum absolute atomic E-state index is 0.212. The summed E-state index contributed by atoms with van der Waals surface area (Å²) < 4.78 is 10.6. The standard InChI is InChI=1S/C14H22N2O3/c1-4-6-11(15)14(17)16-12-9-10(18-3)7-8-13(12)19-5-2/h7-9,11H,4-6,15H2,1-3H3,(H,16,17). The molecule has 0 aliphatic carbocycles. The summed E-state index contributed by atoms with van der Waals surface area (Å²) in [4.78, 5) is 11.9. The van der Waals surface area contributed by atoms with Gasteiger partial charge in [0, 0.05) is 6.07 Å². The van der Waals surface area contributed by atoms with Gasteiger partial charge in [-0.3, -0.25) is 4.79 Å². The molecule has 19 heavy (non-hydrogen) atoms. The quantitative estimate of drug-likeness (QED) is 0.793. The van der Waals surface area contributed by atoms with Crippen LogP contribution >= 0.6 is 0 Å². The molecule has 5 nitrogen and oxygen atoms in total. The number of carbonyl (C=O) groups excluding carboxylic acids is 1. The summed E-state index contributed by atoms with van der Waals surface area (Å²) in [6.07, 6.45) is 1.52. The van der Waals surface area contributed by atoms with Crippen molar-refractivity contribution in [2.75, 3.05) is 19.0 Å². The molecule has 1 unspecified atom stereocenters. The fourth-order valence-corrected chi connectivity index (χ4v) is 1.68. The zero-order valence-electron chi connectivity index (χ0n) is 11.7. The predicted molar refractivity (Wildman–Crippen MR) is 75.7 cm³/mol. The van der Waals surface area contributed by atoms with Crippen molar-refractivity contribution >= 4 is 11.6 Å². The first-order valence-electron chi connectivity index (χ1n) is 6.49. The molecule has 0 bridgehead atoms. The highest BCUT2D eigenvalue weighted by molar-refractivity contribution is 5.96. The van der Waals surface area contributed by atoms with Crippen LogP contribution in [0.5, 0.6) is 11.5 Å². The molecule has 0 heterocycles. The van der Waals surface area contributed by atoms with E-state index in [2.05, 4.69) is 5.32 Å². The Hall–Kier alpha value is -1.75. The van der Waals surface area contributed by atoms with E-state index in [0.717, 1.165) is 6.42 Å². The topological polar surface area (TPSA) is 73.6 Å². The van der Waals surface area contributed by atoms with Crippen molar-refractivity contribution < 1.29 is 14.3 Å². The molecule has 0 aliphatic heterocycles. The van der Waals surface area contributed by atoms with Gasteiger partial charge in [-0.25, -0.2) is 0 Å². The number of anilines is 1. The lowest BCUT2D eigenvalue weighted by molar-refractivity contribution is -0.117. The van der Waals surface area contributed by atoms with E-state index >= 15 is 0 Å². The summed E-state index contributed by atoms with van der Waals surface area (Å²) in [6.45, 7) is 4.40. The molecule has 1 amide bonds. The second-order valence-corrected chi connectivity index (χ2v) is 4.18. The molecular weight excluding hydrogens is 244 g/mol. The van der Waals surface area contributed by atoms with Gasteiger partial charge >= 0.3 is 0 Å². The van der Waals surface area contributed by atoms with E-state index in [1.54, 1.807) is 25.3 Å². The van der Waals surface area contributed by atoms with Crippen molar-refractivity contribution in [2.45, 2.75) is 32.7 Å². The maximum atomic E-state index is 11.9. The SMILES string of the molecule is CCCC(N)C(=O)Nc1cc(OC)ccc1OCC. The van der Waals surface area contributed by atoms with Crippen molar-refractivity contribution in [2.24, 2.45) is 5.73 Å². The van der Waals surface area contributed by atoms with Gasteiger partial charge in [-0.05, 0) is 25.5 Å². The molecule has 0 radical (unpaired) electrons. The first-order chi connectivity index (χ1) is 9.12. The number of rotatable bonds is 7. The largest absolute Gasteiger partial charge is 0.497 e. The van der Waals surface area contributed by atoms with E-state index in [1.807, 2.05) is 13.8 Å². The van der Waals surface area contributed by atoms with E-state index in [9.17, 15) is 4.79 Å². The highest BCUT2D eigenvalue weighted by atomic mass is 16.5. The first-order valence-corrected chi connectivity index (χ1v) is 6.49. The molecule has 1 atom stereocenters. The summed E-state index contributed by atoms with van der Waals surface area (Å²) in [6, 6.07) is 4.77. The monoisotopic (exact) mass is 266 g/mol. The molecule has 0 aliphatic rings. The van der Waals surface area contributed by atoms with Gasteiger partial charge < -0.3 is 20.5 Å². The molecule has 5 heteroatoms. The Balaban J connectivity index is 2.87. The third kappa shape index (κ3) is 4.44. The molecule has 0 spiro atoms. The predicted octanol–water partition coefficient (Wildman–Crippen LogP) is 2.16. The zero-order valence-corrected chi connectivity index (χ0v) is 11.7. The van der Waals surface area contributed by atoms with Crippen molar-refractivity contribution in [1.82, 2.24) is 0 Å². The number of ether oxygens (including phenoxy) is 2. The Labute approximate surface area is 114 Å². The van der Waals surface area contributed by atoms with E-state index in [-0.39, 0.29) is 5.91 Å². The fraction of sp³-hybridized carbons (Fsp3) is 0.500. The molecule has 106 valence electrons. The van der Waals surface area contributed by atoms with Gasteiger partial charge in [-0.2, -0.15) is 0 Å². The Morgan fingerprint density at radius 1 is 1.42 bits per heavy atom. The highest BCUT2D eigenvalue weighted by Crippen LogP contribution is 2.29. The van der Waals surface area contributed by atoms with E-state index in [4.69, 9.17) is 15.2 Å². The second-order valence-electron chi connectivity index (χ2n) is 4.18. The molecule has 0 fully saturated rings. The Bertz CT molecular complexity index is 421. The zero-order chi connectivity index (χ0) is 14.3. The molecule has 1 aromatic carbocycles. The van der Waals surface area contributed by atoms with Gasteiger partial charge in [0.05, 0.1) is 25.4 Å². The van der Waals surface area contributed by atoms with Gasteiger partial charge in [-0.1, -0.05) is 13.3 Å². The lowest BCUT2D eigenvalue weighted by Gasteiger charge is -2.15. The van der Waals surface area contributed by atoms with Gasteiger partial charge in [0.25, 0.3) is 0 Å². The second kappa shape index (κ2) is 7.63. The maximum Gasteiger partial charge on any atom is 0.241 e. The first kappa shape index (κ1) is 15.3. The van der Waals surface area contributed by atoms with E-state index in [0.29, 0.717) is 30.2 Å². The highest BCUT2D eigenvalue weighted by Gasteiger charge is 2.15. The normalized spacial score (nSPS) is 11.8. The fourth-order valence-electron chi connectivity index (χ4n) is 1.68. The van der Waals surface area contributed by atoms with Gasteiger partial charge in [0.1, 0.15) is 11.5 Å². The number of nitrogens with two attached hydrogens (primary N) is 1. The molecule has 1 aromatic rings.